The molecule has 186 valence electrons. The van der Waals surface area contributed by atoms with Gasteiger partial charge >= 0.3 is 8.80 Å². The standard InChI is InChI=1S/C25H48O5Si2/c1-21(20-31(27-2,28-3)29-4)25(26)30-32(22-14-8-5-9-15-22,23-16-10-6-11-17-23)24-18-12-7-13-19-24/h21-24H,5-20H2,1-4H3. The maximum Gasteiger partial charge on any atom is 0.501 e. The molecule has 0 aromatic carbocycles. The van der Waals surface area contributed by atoms with E-state index in [-0.39, 0.29) is 11.9 Å². The van der Waals surface area contributed by atoms with Crippen molar-refractivity contribution in [3.63, 3.8) is 0 Å². The maximum absolute atomic E-state index is 13.8. The predicted octanol–water partition coefficient (Wildman–Crippen LogP) is 6.99. The van der Waals surface area contributed by atoms with Gasteiger partial charge in [-0.1, -0.05) is 64.7 Å². The maximum atomic E-state index is 13.8. The van der Waals surface area contributed by atoms with E-state index in [2.05, 4.69) is 0 Å². The molecule has 0 aromatic heterocycles. The van der Waals surface area contributed by atoms with Crippen molar-refractivity contribution in [1.29, 1.82) is 0 Å². The van der Waals surface area contributed by atoms with E-state index in [4.69, 9.17) is 17.7 Å². The molecule has 3 aliphatic rings. The smallest absolute Gasteiger partial charge is 0.501 e. The normalized spacial score (nSPS) is 23.8. The molecule has 0 amide bonds. The van der Waals surface area contributed by atoms with Crippen LogP contribution in [0.25, 0.3) is 0 Å². The van der Waals surface area contributed by atoms with Crippen LogP contribution in [0.3, 0.4) is 0 Å². The van der Waals surface area contributed by atoms with E-state index < -0.39 is 17.1 Å². The molecule has 0 radical (unpaired) electrons. The fourth-order valence-electron chi connectivity index (χ4n) is 7.14. The predicted molar refractivity (Wildman–Crippen MR) is 133 cm³/mol. The Morgan fingerprint density at radius 1 is 0.688 bits per heavy atom. The van der Waals surface area contributed by atoms with Crippen molar-refractivity contribution < 1.29 is 22.5 Å². The van der Waals surface area contributed by atoms with Crippen LogP contribution < -0.4 is 0 Å². The van der Waals surface area contributed by atoms with E-state index >= 15 is 0 Å². The second-order valence-electron chi connectivity index (χ2n) is 10.7. The van der Waals surface area contributed by atoms with Crippen LogP contribution >= 0.6 is 0 Å². The van der Waals surface area contributed by atoms with Crippen molar-refractivity contribution in [2.45, 2.75) is 126 Å². The lowest BCUT2D eigenvalue weighted by atomic mass is 9.98. The average Bonchev–Trinajstić information content (AvgIpc) is 2.87. The van der Waals surface area contributed by atoms with E-state index in [0.717, 1.165) is 0 Å². The van der Waals surface area contributed by atoms with Crippen LogP contribution in [0.4, 0.5) is 0 Å². The van der Waals surface area contributed by atoms with Crippen LogP contribution in [-0.4, -0.2) is 44.4 Å². The summed E-state index contributed by atoms with van der Waals surface area (Å²) in [6, 6.07) is 0.486. The first kappa shape index (κ1) is 26.4. The molecule has 1 unspecified atom stereocenters. The van der Waals surface area contributed by atoms with E-state index in [9.17, 15) is 4.79 Å². The molecule has 1 atom stereocenters. The van der Waals surface area contributed by atoms with Gasteiger partial charge in [-0.25, -0.2) is 0 Å². The molecule has 3 rings (SSSR count). The van der Waals surface area contributed by atoms with Gasteiger partial charge in [0.1, 0.15) is 0 Å². The minimum absolute atomic E-state index is 0.00131. The lowest BCUT2D eigenvalue weighted by molar-refractivity contribution is -0.139. The molecule has 3 aliphatic carbocycles. The third kappa shape index (κ3) is 5.88. The summed E-state index contributed by atoms with van der Waals surface area (Å²) in [5, 5.41) is 0. The monoisotopic (exact) mass is 484 g/mol. The second kappa shape index (κ2) is 12.5. The first-order chi connectivity index (χ1) is 15.5. The van der Waals surface area contributed by atoms with Crippen molar-refractivity contribution in [2.24, 2.45) is 5.92 Å². The minimum Gasteiger partial charge on any atom is -0.518 e. The van der Waals surface area contributed by atoms with Crippen LogP contribution in [0, 0.1) is 5.92 Å². The molecule has 0 heterocycles. The Bertz CT molecular complexity index is 511. The lowest BCUT2D eigenvalue weighted by Gasteiger charge is -2.51. The van der Waals surface area contributed by atoms with E-state index in [1.165, 1.54) is 96.3 Å². The van der Waals surface area contributed by atoms with Gasteiger partial charge in [0.25, 0.3) is 14.3 Å². The molecule has 0 bridgehead atoms. The third-order valence-corrected chi connectivity index (χ3v) is 18.0. The summed E-state index contributed by atoms with van der Waals surface area (Å²) in [6.45, 7) is 1.99. The molecule has 0 saturated heterocycles. The Hall–Kier alpha value is -0.216. The van der Waals surface area contributed by atoms with Crippen LogP contribution in [0.5, 0.6) is 0 Å². The van der Waals surface area contributed by atoms with Gasteiger partial charge in [0.2, 0.25) is 0 Å². The highest BCUT2D eigenvalue weighted by molar-refractivity contribution is 6.79. The zero-order valence-corrected chi connectivity index (χ0v) is 23.2. The SMILES string of the molecule is CO[Si](CC(C)C(=O)O[Si](C1CCCCC1)(C1CCCCC1)C1CCCCC1)(OC)OC. The molecule has 3 fully saturated rings. The zero-order chi connectivity index (χ0) is 23.0. The topological polar surface area (TPSA) is 54.0 Å². The van der Waals surface area contributed by atoms with Gasteiger partial charge in [0.05, 0.1) is 5.92 Å². The van der Waals surface area contributed by atoms with Crippen molar-refractivity contribution in [3.8, 4) is 0 Å². The minimum atomic E-state index is -2.82. The number of hydrogen-bond donors (Lipinski definition) is 0. The highest BCUT2D eigenvalue weighted by Crippen LogP contribution is 2.57. The first-order valence-electron chi connectivity index (χ1n) is 13.4. The Morgan fingerprint density at radius 2 is 1.03 bits per heavy atom. The molecule has 3 saturated carbocycles. The summed E-state index contributed by atoms with van der Waals surface area (Å²) in [4.78, 5) is 13.8. The van der Waals surface area contributed by atoms with Gasteiger partial charge in [-0.3, -0.25) is 4.79 Å². The average molecular weight is 485 g/mol. The molecule has 0 aromatic rings. The van der Waals surface area contributed by atoms with Crippen molar-refractivity contribution in [3.05, 3.63) is 0 Å². The van der Waals surface area contributed by atoms with E-state index in [0.29, 0.717) is 22.7 Å². The molecule has 5 nitrogen and oxygen atoms in total. The largest absolute Gasteiger partial charge is 0.518 e. The summed E-state index contributed by atoms with van der Waals surface area (Å²) in [7, 11) is -0.222. The summed E-state index contributed by atoms with van der Waals surface area (Å²) in [5.41, 5.74) is 1.98. The molecule has 0 aliphatic heterocycles. The number of rotatable bonds is 10. The number of carbonyl (C=O) groups excluding carboxylic acids is 1. The molecule has 32 heavy (non-hydrogen) atoms. The fraction of sp³-hybridized carbons (Fsp3) is 0.960. The summed E-state index contributed by atoms with van der Waals surface area (Å²) in [6.07, 6.45) is 19.7. The van der Waals surface area contributed by atoms with Crippen molar-refractivity contribution in [2.75, 3.05) is 21.3 Å². The van der Waals surface area contributed by atoms with Crippen molar-refractivity contribution >= 4 is 23.1 Å². The fourth-order valence-corrected chi connectivity index (χ4v) is 16.0. The first-order valence-corrected chi connectivity index (χ1v) is 17.5. The van der Waals surface area contributed by atoms with E-state index in [1.54, 1.807) is 21.3 Å². The quantitative estimate of drug-likeness (QED) is 0.313. The Balaban J connectivity index is 1.90. The van der Waals surface area contributed by atoms with Gasteiger partial charge in [-0.15, -0.1) is 0 Å². The van der Waals surface area contributed by atoms with Gasteiger partial charge in [0.15, 0.2) is 0 Å². The Labute approximate surface area is 198 Å². The Kier molecular flexibility index (Phi) is 10.3. The lowest BCUT2D eigenvalue weighted by Crippen LogP contribution is -2.56. The van der Waals surface area contributed by atoms with Gasteiger partial charge in [-0.05, 0) is 55.1 Å². The zero-order valence-electron chi connectivity index (χ0n) is 21.2. The van der Waals surface area contributed by atoms with Crippen LogP contribution in [0.1, 0.15) is 103 Å². The van der Waals surface area contributed by atoms with Gasteiger partial charge in [0, 0.05) is 27.4 Å². The van der Waals surface area contributed by atoms with Crippen LogP contribution in [-0.2, 0) is 22.5 Å². The van der Waals surface area contributed by atoms with Crippen LogP contribution in [0.15, 0.2) is 0 Å². The number of hydrogen-bond acceptors (Lipinski definition) is 5. The second-order valence-corrected chi connectivity index (χ2v) is 18.0. The molecular weight excluding hydrogens is 436 g/mol. The molecule has 0 spiro atoms. The molecular formula is C25H48O5Si2. The molecule has 7 heteroatoms. The highest BCUT2D eigenvalue weighted by Gasteiger charge is 2.58. The van der Waals surface area contributed by atoms with Gasteiger partial charge in [-0.2, -0.15) is 0 Å². The Morgan fingerprint density at radius 3 is 1.34 bits per heavy atom. The summed E-state index contributed by atoms with van der Waals surface area (Å²) in [5.74, 6) is -0.259. The number of carbonyl (C=O) groups is 1. The highest BCUT2D eigenvalue weighted by atomic mass is 28.4. The third-order valence-electron chi connectivity index (χ3n) is 8.90. The summed E-state index contributed by atoms with van der Waals surface area (Å²) < 4.78 is 24.0. The molecule has 0 N–H and O–H groups in total. The van der Waals surface area contributed by atoms with Gasteiger partial charge < -0.3 is 17.7 Å². The van der Waals surface area contributed by atoms with Crippen LogP contribution in [0.2, 0.25) is 22.7 Å². The van der Waals surface area contributed by atoms with E-state index in [1.807, 2.05) is 6.92 Å². The van der Waals surface area contributed by atoms with Crippen molar-refractivity contribution in [1.82, 2.24) is 0 Å². The summed E-state index contributed by atoms with van der Waals surface area (Å²) >= 11 is 0.